The van der Waals surface area contributed by atoms with Gasteiger partial charge in [0.2, 0.25) is 0 Å². The summed E-state index contributed by atoms with van der Waals surface area (Å²) >= 11 is 5.98. The fourth-order valence-corrected chi connectivity index (χ4v) is 1.81. The summed E-state index contributed by atoms with van der Waals surface area (Å²) in [7, 11) is 1.82. The van der Waals surface area contributed by atoms with Crippen LogP contribution in [0.25, 0.3) is 0 Å². The van der Waals surface area contributed by atoms with E-state index in [2.05, 4.69) is 20.4 Å². The third-order valence-corrected chi connectivity index (χ3v) is 2.97. The Balaban J connectivity index is 2.10. The molecule has 2 heterocycles. The number of aromatic nitrogens is 4. The molecule has 0 bridgehead atoms. The molecule has 7 heteroatoms. The zero-order chi connectivity index (χ0) is 14.7. The maximum absolute atomic E-state index is 12.1. The van der Waals surface area contributed by atoms with E-state index in [1.54, 1.807) is 4.68 Å². The Hall–Kier alpha value is -1.95. The topological polar surface area (TPSA) is 72.7 Å². The van der Waals surface area contributed by atoms with Gasteiger partial charge in [-0.05, 0) is 6.07 Å². The molecule has 0 unspecified atom stereocenters. The van der Waals surface area contributed by atoms with E-state index < -0.39 is 0 Å². The van der Waals surface area contributed by atoms with Gasteiger partial charge >= 0.3 is 0 Å². The van der Waals surface area contributed by atoms with E-state index >= 15 is 0 Å². The van der Waals surface area contributed by atoms with E-state index in [9.17, 15) is 4.79 Å². The molecule has 0 aromatic carbocycles. The molecule has 1 N–H and O–H groups in total. The second kappa shape index (κ2) is 6.00. The number of nitrogens with one attached hydrogen (secondary N) is 1. The predicted octanol–water partition coefficient (Wildman–Crippen LogP) is 1.92. The van der Waals surface area contributed by atoms with E-state index in [0.29, 0.717) is 12.4 Å². The van der Waals surface area contributed by atoms with Crippen LogP contribution in [0.15, 0.2) is 18.5 Å². The van der Waals surface area contributed by atoms with Gasteiger partial charge in [-0.1, -0.05) is 25.4 Å². The molecule has 0 aliphatic carbocycles. The molecular weight excluding hydrogens is 278 g/mol. The van der Waals surface area contributed by atoms with Gasteiger partial charge in [-0.3, -0.25) is 9.48 Å². The lowest BCUT2D eigenvalue weighted by atomic mass is 10.2. The number of amides is 1. The first-order valence-electron chi connectivity index (χ1n) is 6.26. The summed E-state index contributed by atoms with van der Waals surface area (Å²) in [5.41, 5.74) is 0.969. The largest absolute Gasteiger partial charge is 0.345 e. The van der Waals surface area contributed by atoms with Gasteiger partial charge in [-0.2, -0.15) is 5.10 Å². The van der Waals surface area contributed by atoms with Crippen molar-refractivity contribution in [2.24, 2.45) is 7.05 Å². The summed E-state index contributed by atoms with van der Waals surface area (Å²) in [5, 5.41) is 7.17. The van der Waals surface area contributed by atoms with Gasteiger partial charge < -0.3 is 5.32 Å². The molecule has 0 aliphatic rings. The van der Waals surface area contributed by atoms with Crippen molar-refractivity contribution in [3.05, 3.63) is 40.7 Å². The van der Waals surface area contributed by atoms with Crippen LogP contribution >= 0.6 is 11.6 Å². The van der Waals surface area contributed by atoms with E-state index in [0.717, 1.165) is 5.69 Å². The first-order chi connectivity index (χ1) is 9.47. The average Bonchev–Trinajstić information content (AvgIpc) is 2.82. The Morgan fingerprint density at radius 2 is 2.25 bits per heavy atom. The summed E-state index contributed by atoms with van der Waals surface area (Å²) in [6, 6.07) is 1.83. The van der Waals surface area contributed by atoms with Crippen molar-refractivity contribution in [3.63, 3.8) is 0 Å². The normalized spacial score (nSPS) is 10.8. The first kappa shape index (κ1) is 14.5. The van der Waals surface area contributed by atoms with Gasteiger partial charge in [0.15, 0.2) is 0 Å². The van der Waals surface area contributed by atoms with E-state index in [1.165, 1.54) is 6.20 Å². The Kier molecular flexibility index (Phi) is 4.34. The maximum Gasteiger partial charge on any atom is 0.271 e. The van der Waals surface area contributed by atoms with E-state index in [4.69, 9.17) is 11.6 Å². The number of rotatable bonds is 4. The molecular formula is C13H16ClN5O. The molecule has 0 spiro atoms. The van der Waals surface area contributed by atoms with Crippen molar-refractivity contribution >= 4 is 17.5 Å². The Bertz CT molecular complexity index is 623. The molecule has 106 valence electrons. The highest BCUT2D eigenvalue weighted by atomic mass is 35.5. The first-order valence-corrected chi connectivity index (χ1v) is 6.64. The second-order valence-electron chi connectivity index (χ2n) is 4.74. The molecule has 1 amide bonds. The fraction of sp³-hybridized carbons (Fsp3) is 0.385. The van der Waals surface area contributed by atoms with Gasteiger partial charge in [0.1, 0.15) is 11.5 Å². The highest BCUT2D eigenvalue weighted by Gasteiger charge is 2.15. The molecule has 2 rings (SSSR count). The molecule has 20 heavy (non-hydrogen) atoms. The van der Waals surface area contributed by atoms with Crippen molar-refractivity contribution in [1.82, 2.24) is 25.1 Å². The summed E-state index contributed by atoms with van der Waals surface area (Å²) in [4.78, 5) is 20.4. The third kappa shape index (κ3) is 3.33. The van der Waals surface area contributed by atoms with Crippen molar-refractivity contribution in [1.29, 1.82) is 0 Å². The van der Waals surface area contributed by atoms with Crippen LogP contribution in [0, 0.1) is 0 Å². The van der Waals surface area contributed by atoms with Crippen LogP contribution in [0.3, 0.4) is 0 Å². The highest BCUT2D eigenvalue weighted by Crippen LogP contribution is 2.16. The van der Waals surface area contributed by atoms with Gasteiger partial charge in [-0.15, -0.1) is 0 Å². The Morgan fingerprint density at radius 3 is 2.85 bits per heavy atom. The number of nitrogens with zero attached hydrogens (tertiary/aromatic N) is 4. The average molecular weight is 294 g/mol. The maximum atomic E-state index is 12.1. The van der Waals surface area contributed by atoms with Crippen LogP contribution in [0.4, 0.5) is 0 Å². The lowest BCUT2D eigenvalue weighted by Crippen LogP contribution is -2.25. The standard InChI is InChI=1S/C13H16ClN5O/c1-8(2)12-15-7-10(14)11(17-12)13(20)16-6-9-4-5-19(3)18-9/h4-5,7-8H,6H2,1-3H3,(H,16,20). The summed E-state index contributed by atoms with van der Waals surface area (Å²) in [6.07, 6.45) is 3.27. The number of aryl methyl sites for hydroxylation is 1. The van der Waals surface area contributed by atoms with E-state index in [-0.39, 0.29) is 22.5 Å². The zero-order valence-electron chi connectivity index (χ0n) is 11.6. The molecule has 0 radical (unpaired) electrons. The third-order valence-electron chi connectivity index (χ3n) is 2.69. The second-order valence-corrected chi connectivity index (χ2v) is 5.15. The van der Waals surface area contributed by atoms with Crippen molar-refractivity contribution in [2.45, 2.75) is 26.3 Å². The Labute approximate surface area is 122 Å². The van der Waals surface area contributed by atoms with E-state index in [1.807, 2.05) is 33.2 Å². The monoisotopic (exact) mass is 293 g/mol. The number of hydrogen-bond donors (Lipinski definition) is 1. The van der Waals surface area contributed by atoms with Crippen LogP contribution in [-0.4, -0.2) is 25.7 Å². The summed E-state index contributed by atoms with van der Waals surface area (Å²) in [6.45, 7) is 4.24. The molecule has 0 saturated carbocycles. The van der Waals surface area contributed by atoms with Gasteiger partial charge in [-0.25, -0.2) is 9.97 Å². The van der Waals surface area contributed by atoms with Crippen molar-refractivity contribution in [2.75, 3.05) is 0 Å². The SMILES string of the molecule is CC(C)c1ncc(Cl)c(C(=O)NCc2ccn(C)n2)n1. The van der Waals surface area contributed by atoms with Crippen molar-refractivity contribution in [3.8, 4) is 0 Å². The fourth-order valence-electron chi connectivity index (χ4n) is 1.63. The molecule has 2 aromatic rings. The van der Waals surface area contributed by atoms with Gasteiger partial charge in [0, 0.05) is 19.2 Å². The minimum atomic E-state index is -0.329. The van der Waals surface area contributed by atoms with Crippen LogP contribution < -0.4 is 5.32 Å². The number of hydrogen-bond acceptors (Lipinski definition) is 4. The smallest absolute Gasteiger partial charge is 0.271 e. The Morgan fingerprint density at radius 1 is 1.50 bits per heavy atom. The number of halogens is 1. The summed E-state index contributed by atoms with van der Waals surface area (Å²) < 4.78 is 1.68. The van der Waals surface area contributed by atoms with Gasteiger partial charge in [0.05, 0.1) is 23.5 Å². The molecule has 0 atom stereocenters. The molecule has 2 aromatic heterocycles. The van der Waals surface area contributed by atoms with Crippen LogP contribution in [0.1, 0.15) is 41.8 Å². The molecule has 0 aliphatic heterocycles. The lowest BCUT2D eigenvalue weighted by Gasteiger charge is -2.08. The van der Waals surface area contributed by atoms with Crippen molar-refractivity contribution < 1.29 is 4.79 Å². The predicted molar refractivity (Wildman–Crippen MR) is 75.5 cm³/mol. The molecule has 6 nitrogen and oxygen atoms in total. The number of carbonyl (C=O) groups is 1. The highest BCUT2D eigenvalue weighted by molar-refractivity contribution is 6.33. The molecule has 0 saturated heterocycles. The zero-order valence-corrected chi connectivity index (χ0v) is 12.3. The summed E-state index contributed by atoms with van der Waals surface area (Å²) in [5.74, 6) is 0.400. The quantitative estimate of drug-likeness (QED) is 0.935. The molecule has 0 fully saturated rings. The minimum absolute atomic E-state index is 0.134. The number of carbonyl (C=O) groups excluding carboxylic acids is 1. The van der Waals surface area contributed by atoms with Crippen LogP contribution in [-0.2, 0) is 13.6 Å². The van der Waals surface area contributed by atoms with Gasteiger partial charge in [0.25, 0.3) is 5.91 Å². The van der Waals surface area contributed by atoms with Crippen LogP contribution in [0.2, 0.25) is 5.02 Å². The lowest BCUT2D eigenvalue weighted by molar-refractivity contribution is 0.0945. The van der Waals surface area contributed by atoms with Crippen LogP contribution in [0.5, 0.6) is 0 Å². The minimum Gasteiger partial charge on any atom is -0.345 e.